The fourth-order valence-corrected chi connectivity index (χ4v) is 1.39. The first-order chi connectivity index (χ1) is 8.56. The van der Waals surface area contributed by atoms with Gasteiger partial charge >= 0.3 is 0 Å². The third-order valence-corrected chi connectivity index (χ3v) is 2.32. The normalized spacial score (nSPS) is 10.1. The summed E-state index contributed by atoms with van der Waals surface area (Å²) in [6.45, 7) is 1.48. The monoisotopic (exact) mass is 246 g/mol. The zero-order valence-corrected chi connectivity index (χ0v) is 9.64. The largest absolute Gasteiger partial charge is 0.368 e. The second-order valence-corrected chi connectivity index (χ2v) is 3.68. The highest BCUT2D eigenvalue weighted by Crippen LogP contribution is 2.18. The van der Waals surface area contributed by atoms with Gasteiger partial charge in [-0.15, -0.1) is 0 Å². The fourth-order valence-electron chi connectivity index (χ4n) is 1.39. The summed E-state index contributed by atoms with van der Waals surface area (Å²) in [5.41, 5.74) is 6.57. The number of nitrogen functional groups attached to an aromatic ring is 1. The molecule has 1 aromatic heterocycles. The number of aromatic nitrogens is 2. The van der Waals surface area contributed by atoms with Crippen molar-refractivity contribution in [1.82, 2.24) is 9.97 Å². The van der Waals surface area contributed by atoms with Gasteiger partial charge in [0.05, 0.1) is 6.20 Å². The molecular formula is C12H11FN4O. The number of nitrogens with zero attached hydrogens (tertiary/aromatic N) is 2. The highest BCUT2D eigenvalue weighted by atomic mass is 19.1. The lowest BCUT2D eigenvalue weighted by Gasteiger charge is -2.07. The molecule has 0 aliphatic rings. The summed E-state index contributed by atoms with van der Waals surface area (Å²) in [6.07, 6.45) is 0.995. The lowest BCUT2D eigenvalue weighted by atomic mass is 10.1. The van der Waals surface area contributed by atoms with E-state index in [0.29, 0.717) is 11.3 Å². The van der Waals surface area contributed by atoms with Crippen LogP contribution in [0.1, 0.15) is 17.3 Å². The number of anilines is 3. The van der Waals surface area contributed by atoms with E-state index in [2.05, 4.69) is 15.3 Å². The topological polar surface area (TPSA) is 80.9 Å². The Kier molecular flexibility index (Phi) is 3.18. The molecule has 0 spiro atoms. The average Bonchev–Trinajstić information content (AvgIpc) is 2.34. The number of nitrogens with one attached hydrogen (secondary N) is 1. The molecule has 0 atom stereocenters. The number of benzene rings is 1. The third kappa shape index (κ3) is 2.60. The zero-order chi connectivity index (χ0) is 13.1. The number of ketones is 1. The molecular weight excluding hydrogens is 235 g/mol. The molecule has 18 heavy (non-hydrogen) atoms. The van der Waals surface area contributed by atoms with E-state index < -0.39 is 5.82 Å². The van der Waals surface area contributed by atoms with Gasteiger partial charge in [-0.2, -0.15) is 4.98 Å². The second kappa shape index (κ2) is 4.79. The Labute approximate surface area is 103 Å². The van der Waals surface area contributed by atoms with Crippen LogP contribution in [-0.2, 0) is 0 Å². The van der Waals surface area contributed by atoms with Crippen molar-refractivity contribution >= 4 is 23.2 Å². The summed E-state index contributed by atoms with van der Waals surface area (Å²) in [5, 5.41) is 2.76. The van der Waals surface area contributed by atoms with Crippen LogP contribution in [0.5, 0.6) is 0 Å². The zero-order valence-electron chi connectivity index (χ0n) is 9.64. The van der Waals surface area contributed by atoms with Crippen LogP contribution >= 0.6 is 0 Å². The highest BCUT2D eigenvalue weighted by molar-refractivity contribution is 5.94. The minimum absolute atomic E-state index is 0.00178. The molecule has 0 saturated heterocycles. The van der Waals surface area contributed by atoms with E-state index in [1.165, 1.54) is 6.92 Å². The van der Waals surface area contributed by atoms with Crippen molar-refractivity contribution in [3.8, 4) is 0 Å². The number of halogens is 1. The molecule has 0 aliphatic carbocycles. The summed E-state index contributed by atoms with van der Waals surface area (Å²) in [5.74, 6) is -0.642. The van der Waals surface area contributed by atoms with Gasteiger partial charge in [-0.25, -0.2) is 9.37 Å². The number of hydrogen-bond acceptors (Lipinski definition) is 5. The van der Waals surface area contributed by atoms with Gasteiger partial charge in [0.2, 0.25) is 5.95 Å². The predicted molar refractivity (Wildman–Crippen MR) is 66.1 cm³/mol. The maximum absolute atomic E-state index is 13.4. The summed E-state index contributed by atoms with van der Waals surface area (Å²) >= 11 is 0. The Morgan fingerprint density at radius 1 is 1.33 bits per heavy atom. The third-order valence-electron chi connectivity index (χ3n) is 2.32. The number of carbonyl (C=O) groups is 1. The second-order valence-electron chi connectivity index (χ2n) is 3.68. The van der Waals surface area contributed by atoms with Gasteiger partial charge in [0.15, 0.2) is 17.4 Å². The van der Waals surface area contributed by atoms with Crippen LogP contribution in [0.2, 0.25) is 0 Å². The summed E-state index contributed by atoms with van der Waals surface area (Å²) in [6, 6.07) is 6.61. The van der Waals surface area contributed by atoms with Gasteiger partial charge in [-0.3, -0.25) is 4.79 Å². The molecule has 0 saturated carbocycles. The Bertz CT molecular complexity index is 583. The SMILES string of the molecule is CC(=O)c1ccc(Nc2nc(N)ncc2F)cc1. The molecule has 1 heterocycles. The van der Waals surface area contributed by atoms with Crippen LogP contribution in [0.15, 0.2) is 30.5 Å². The Balaban J connectivity index is 2.23. The molecule has 92 valence electrons. The van der Waals surface area contributed by atoms with Gasteiger partial charge in [0.25, 0.3) is 0 Å². The lowest BCUT2D eigenvalue weighted by molar-refractivity contribution is 0.101. The van der Waals surface area contributed by atoms with Crippen molar-refractivity contribution in [2.45, 2.75) is 6.92 Å². The Morgan fingerprint density at radius 2 is 2.00 bits per heavy atom. The summed E-state index contributed by atoms with van der Waals surface area (Å²) in [7, 11) is 0. The van der Waals surface area contributed by atoms with Gasteiger partial charge in [0.1, 0.15) is 0 Å². The maximum atomic E-state index is 13.4. The quantitative estimate of drug-likeness (QED) is 0.811. The molecule has 0 bridgehead atoms. The van der Waals surface area contributed by atoms with Crippen molar-refractivity contribution in [2.75, 3.05) is 11.1 Å². The molecule has 0 unspecified atom stereocenters. The van der Waals surface area contributed by atoms with Gasteiger partial charge in [-0.1, -0.05) is 0 Å². The molecule has 6 heteroatoms. The van der Waals surface area contributed by atoms with Gasteiger partial charge in [0, 0.05) is 11.3 Å². The predicted octanol–water partition coefficient (Wildman–Crippen LogP) is 2.14. The molecule has 2 rings (SSSR count). The number of rotatable bonds is 3. The first-order valence-electron chi connectivity index (χ1n) is 5.22. The molecule has 0 aliphatic heterocycles. The number of carbonyl (C=O) groups excluding carboxylic acids is 1. The van der Waals surface area contributed by atoms with E-state index in [-0.39, 0.29) is 17.5 Å². The molecule has 2 aromatic rings. The molecule has 0 radical (unpaired) electrons. The first-order valence-corrected chi connectivity index (χ1v) is 5.22. The fraction of sp³-hybridized carbons (Fsp3) is 0.0833. The maximum Gasteiger partial charge on any atom is 0.222 e. The standard InChI is InChI=1S/C12H11FN4O/c1-7(18)8-2-4-9(5-3-8)16-11-10(13)6-15-12(14)17-11/h2-6H,1H3,(H3,14,15,16,17). The summed E-state index contributed by atoms with van der Waals surface area (Å²) in [4.78, 5) is 18.4. The van der Waals surface area contributed by atoms with Crippen LogP contribution in [0.25, 0.3) is 0 Å². The molecule has 1 aromatic carbocycles. The van der Waals surface area contributed by atoms with Crippen LogP contribution < -0.4 is 11.1 Å². The van der Waals surface area contributed by atoms with E-state index in [0.717, 1.165) is 6.20 Å². The van der Waals surface area contributed by atoms with Crippen LogP contribution in [-0.4, -0.2) is 15.8 Å². The molecule has 5 nitrogen and oxygen atoms in total. The lowest BCUT2D eigenvalue weighted by Crippen LogP contribution is -2.02. The van der Waals surface area contributed by atoms with E-state index in [1.54, 1.807) is 24.3 Å². The van der Waals surface area contributed by atoms with E-state index >= 15 is 0 Å². The van der Waals surface area contributed by atoms with Crippen molar-refractivity contribution in [2.24, 2.45) is 0 Å². The molecule has 3 N–H and O–H groups in total. The number of Topliss-reactive ketones (excluding diaryl/α,β-unsaturated/α-hetero) is 1. The van der Waals surface area contributed by atoms with E-state index in [4.69, 9.17) is 5.73 Å². The van der Waals surface area contributed by atoms with Crippen LogP contribution in [0.3, 0.4) is 0 Å². The van der Waals surface area contributed by atoms with Crippen molar-refractivity contribution in [3.63, 3.8) is 0 Å². The molecule has 0 amide bonds. The highest BCUT2D eigenvalue weighted by Gasteiger charge is 2.06. The Morgan fingerprint density at radius 3 is 2.61 bits per heavy atom. The van der Waals surface area contributed by atoms with Crippen LogP contribution in [0, 0.1) is 5.82 Å². The van der Waals surface area contributed by atoms with Crippen molar-refractivity contribution in [3.05, 3.63) is 41.8 Å². The van der Waals surface area contributed by atoms with Crippen molar-refractivity contribution in [1.29, 1.82) is 0 Å². The minimum Gasteiger partial charge on any atom is -0.368 e. The molecule has 0 fully saturated rings. The van der Waals surface area contributed by atoms with Gasteiger partial charge < -0.3 is 11.1 Å². The number of hydrogen-bond donors (Lipinski definition) is 2. The number of nitrogens with two attached hydrogens (primary N) is 1. The van der Waals surface area contributed by atoms with Crippen molar-refractivity contribution < 1.29 is 9.18 Å². The first kappa shape index (κ1) is 12.0. The average molecular weight is 246 g/mol. The van der Waals surface area contributed by atoms with E-state index in [1.807, 2.05) is 0 Å². The smallest absolute Gasteiger partial charge is 0.222 e. The van der Waals surface area contributed by atoms with Gasteiger partial charge in [-0.05, 0) is 31.2 Å². The van der Waals surface area contributed by atoms with Crippen LogP contribution in [0.4, 0.5) is 21.8 Å². The minimum atomic E-state index is -0.597. The summed E-state index contributed by atoms with van der Waals surface area (Å²) < 4.78 is 13.4. The van der Waals surface area contributed by atoms with E-state index in [9.17, 15) is 9.18 Å². The Hall–Kier alpha value is -2.50.